The molecule has 4 heteroatoms. The second-order valence-corrected chi connectivity index (χ2v) is 5.18. The number of carbonyl (C=O) groups is 2. The zero-order chi connectivity index (χ0) is 13.8. The molecule has 1 aromatic rings. The monoisotopic (exact) mass is 260 g/mol. The number of Topliss-reactive ketones (excluding diaryl/α,β-unsaturated/α-hetero) is 1. The number of ketones is 1. The van der Waals surface area contributed by atoms with E-state index >= 15 is 0 Å². The van der Waals surface area contributed by atoms with E-state index in [-0.39, 0.29) is 12.1 Å². The van der Waals surface area contributed by atoms with Crippen LogP contribution in [0.25, 0.3) is 0 Å². The maximum atomic E-state index is 12.1. The number of carbonyl (C=O) groups excluding carboxylic acids is 2. The molecule has 0 bridgehead atoms. The zero-order valence-electron chi connectivity index (χ0n) is 11.5. The quantitative estimate of drug-likeness (QED) is 0.888. The smallest absolute Gasteiger partial charge is 0.321 e. The fourth-order valence-corrected chi connectivity index (χ4v) is 2.33. The van der Waals surface area contributed by atoms with Crippen LogP contribution in [-0.4, -0.2) is 29.8 Å². The molecule has 102 valence electrons. The van der Waals surface area contributed by atoms with E-state index in [0.717, 1.165) is 24.1 Å². The van der Waals surface area contributed by atoms with Gasteiger partial charge in [-0.3, -0.25) is 4.79 Å². The van der Waals surface area contributed by atoms with Crippen LogP contribution < -0.4 is 5.32 Å². The molecular formula is C15H20N2O2. The van der Waals surface area contributed by atoms with E-state index in [2.05, 4.69) is 5.32 Å². The van der Waals surface area contributed by atoms with Gasteiger partial charge in [0.25, 0.3) is 0 Å². The van der Waals surface area contributed by atoms with Gasteiger partial charge in [0.05, 0.1) is 0 Å². The molecule has 0 aromatic heterocycles. The van der Waals surface area contributed by atoms with Crippen molar-refractivity contribution in [1.29, 1.82) is 0 Å². The van der Waals surface area contributed by atoms with Crippen molar-refractivity contribution in [3.8, 4) is 0 Å². The molecule has 19 heavy (non-hydrogen) atoms. The third kappa shape index (κ3) is 3.56. The molecule has 0 spiro atoms. The minimum atomic E-state index is -0.108. The molecule has 4 nitrogen and oxygen atoms in total. The van der Waals surface area contributed by atoms with E-state index < -0.39 is 0 Å². The van der Waals surface area contributed by atoms with Crippen LogP contribution in [0.4, 0.5) is 10.5 Å². The molecule has 0 aliphatic heterocycles. The third-order valence-electron chi connectivity index (χ3n) is 3.68. The summed E-state index contributed by atoms with van der Waals surface area (Å²) in [6.07, 6.45) is 2.73. The Morgan fingerprint density at radius 3 is 2.37 bits per heavy atom. The fourth-order valence-electron chi connectivity index (χ4n) is 2.33. The normalized spacial score (nSPS) is 16.2. The predicted octanol–water partition coefficient (Wildman–Crippen LogP) is 2.97. The number of benzene rings is 1. The second-order valence-electron chi connectivity index (χ2n) is 5.18. The topological polar surface area (TPSA) is 49.4 Å². The minimum Gasteiger partial charge on any atom is -0.325 e. The Morgan fingerprint density at radius 1 is 1.21 bits per heavy atom. The molecule has 1 aliphatic rings. The highest BCUT2D eigenvalue weighted by molar-refractivity contribution is 5.89. The first-order valence-corrected chi connectivity index (χ1v) is 6.68. The lowest BCUT2D eigenvalue weighted by molar-refractivity contribution is -0.121. The van der Waals surface area contributed by atoms with Gasteiger partial charge >= 0.3 is 6.03 Å². The van der Waals surface area contributed by atoms with Crippen molar-refractivity contribution in [2.75, 3.05) is 12.4 Å². The maximum absolute atomic E-state index is 12.1. The summed E-state index contributed by atoms with van der Waals surface area (Å²) in [5.74, 6) is 0.309. The SMILES string of the molecule is Cc1ccc(NC(=O)N(C)C2CCC(=O)CC2)cc1. The first-order chi connectivity index (χ1) is 9.06. The first-order valence-electron chi connectivity index (χ1n) is 6.68. The van der Waals surface area contributed by atoms with Gasteiger partial charge in [-0.05, 0) is 31.9 Å². The van der Waals surface area contributed by atoms with Gasteiger partial charge in [0, 0.05) is 31.6 Å². The van der Waals surface area contributed by atoms with Gasteiger partial charge in [-0.15, -0.1) is 0 Å². The van der Waals surface area contributed by atoms with Crippen molar-refractivity contribution in [3.63, 3.8) is 0 Å². The summed E-state index contributed by atoms with van der Waals surface area (Å²) in [6, 6.07) is 7.78. The molecule has 0 radical (unpaired) electrons. The van der Waals surface area contributed by atoms with E-state index in [1.807, 2.05) is 31.2 Å². The van der Waals surface area contributed by atoms with Gasteiger partial charge in [-0.1, -0.05) is 17.7 Å². The highest BCUT2D eigenvalue weighted by Crippen LogP contribution is 2.20. The van der Waals surface area contributed by atoms with E-state index in [1.165, 1.54) is 0 Å². The van der Waals surface area contributed by atoms with Crippen LogP contribution >= 0.6 is 0 Å². The zero-order valence-corrected chi connectivity index (χ0v) is 11.5. The average molecular weight is 260 g/mol. The lowest BCUT2D eigenvalue weighted by atomic mass is 9.93. The number of nitrogens with one attached hydrogen (secondary N) is 1. The number of nitrogens with zero attached hydrogens (tertiary/aromatic N) is 1. The number of rotatable bonds is 2. The molecule has 1 N–H and O–H groups in total. The van der Waals surface area contributed by atoms with Gasteiger partial charge in [-0.25, -0.2) is 4.79 Å². The summed E-state index contributed by atoms with van der Waals surface area (Å²) in [6.45, 7) is 2.01. The van der Waals surface area contributed by atoms with Crippen LogP contribution in [0.3, 0.4) is 0 Å². The number of aryl methyl sites for hydroxylation is 1. The van der Waals surface area contributed by atoms with Crippen molar-refractivity contribution < 1.29 is 9.59 Å². The largest absolute Gasteiger partial charge is 0.325 e. The number of anilines is 1. The van der Waals surface area contributed by atoms with E-state index in [1.54, 1.807) is 11.9 Å². The number of hydrogen-bond donors (Lipinski definition) is 1. The Kier molecular flexibility index (Phi) is 4.20. The molecule has 0 unspecified atom stereocenters. The molecule has 0 atom stereocenters. The molecule has 1 saturated carbocycles. The van der Waals surface area contributed by atoms with Crippen LogP contribution in [0, 0.1) is 6.92 Å². The highest BCUT2D eigenvalue weighted by Gasteiger charge is 2.25. The van der Waals surface area contributed by atoms with Crippen molar-refractivity contribution in [2.24, 2.45) is 0 Å². The lowest BCUT2D eigenvalue weighted by Gasteiger charge is -2.30. The standard InChI is InChI=1S/C15H20N2O2/c1-11-3-5-12(6-4-11)16-15(19)17(2)13-7-9-14(18)10-8-13/h3-6,13H,7-10H2,1-2H3,(H,16,19). The summed E-state index contributed by atoms with van der Waals surface area (Å²) >= 11 is 0. The van der Waals surface area contributed by atoms with Gasteiger partial charge in [0.2, 0.25) is 0 Å². The average Bonchev–Trinajstić information content (AvgIpc) is 2.41. The van der Waals surface area contributed by atoms with Gasteiger partial charge in [-0.2, -0.15) is 0 Å². The molecule has 2 amide bonds. The third-order valence-corrected chi connectivity index (χ3v) is 3.68. The van der Waals surface area contributed by atoms with Crippen LogP contribution in [0.5, 0.6) is 0 Å². The number of amides is 2. The van der Waals surface area contributed by atoms with Crippen molar-refractivity contribution in [2.45, 2.75) is 38.6 Å². The molecule has 1 fully saturated rings. The van der Waals surface area contributed by atoms with E-state index in [0.29, 0.717) is 18.6 Å². The highest BCUT2D eigenvalue weighted by atomic mass is 16.2. The van der Waals surface area contributed by atoms with Crippen LogP contribution in [0.15, 0.2) is 24.3 Å². The molecule has 1 aromatic carbocycles. The van der Waals surface area contributed by atoms with Crippen LogP contribution in [-0.2, 0) is 4.79 Å². The first kappa shape index (κ1) is 13.6. The van der Waals surface area contributed by atoms with Gasteiger partial charge in [0.1, 0.15) is 5.78 Å². The van der Waals surface area contributed by atoms with Crippen LogP contribution in [0.1, 0.15) is 31.2 Å². The Balaban J connectivity index is 1.92. The second kappa shape index (κ2) is 5.87. The Bertz CT molecular complexity index is 458. The number of hydrogen-bond acceptors (Lipinski definition) is 2. The summed E-state index contributed by atoms with van der Waals surface area (Å²) < 4.78 is 0. The van der Waals surface area contributed by atoms with Gasteiger partial charge < -0.3 is 10.2 Å². The molecule has 0 saturated heterocycles. The molecular weight excluding hydrogens is 240 g/mol. The maximum Gasteiger partial charge on any atom is 0.321 e. The Morgan fingerprint density at radius 2 is 1.79 bits per heavy atom. The number of urea groups is 1. The van der Waals surface area contributed by atoms with Crippen molar-refractivity contribution in [1.82, 2.24) is 4.90 Å². The Labute approximate surface area is 113 Å². The lowest BCUT2D eigenvalue weighted by Crippen LogP contribution is -2.41. The molecule has 2 rings (SSSR count). The Hall–Kier alpha value is -1.84. The van der Waals surface area contributed by atoms with Gasteiger partial charge in [0.15, 0.2) is 0 Å². The fraction of sp³-hybridized carbons (Fsp3) is 0.467. The van der Waals surface area contributed by atoms with Crippen LogP contribution in [0.2, 0.25) is 0 Å². The molecule has 1 aliphatic carbocycles. The summed E-state index contributed by atoms with van der Waals surface area (Å²) in [5, 5.41) is 2.88. The summed E-state index contributed by atoms with van der Waals surface area (Å²) in [7, 11) is 1.80. The van der Waals surface area contributed by atoms with Crippen molar-refractivity contribution in [3.05, 3.63) is 29.8 Å². The predicted molar refractivity (Wildman–Crippen MR) is 75.2 cm³/mol. The van der Waals surface area contributed by atoms with Crippen molar-refractivity contribution >= 4 is 17.5 Å². The van der Waals surface area contributed by atoms with E-state index in [4.69, 9.17) is 0 Å². The molecule has 0 heterocycles. The van der Waals surface area contributed by atoms with E-state index in [9.17, 15) is 9.59 Å². The minimum absolute atomic E-state index is 0.108. The summed E-state index contributed by atoms with van der Waals surface area (Å²) in [5.41, 5.74) is 1.96. The summed E-state index contributed by atoms with van der Waals surface area (Å²) in [4.78, 5) is 25.0.